The Labute approximate surface area is 92.7 Å². The number of nitrogens with zero attached hydrogens (tertiary/aromatic N) is 2. The SMILES string of the molecule is CN1C[N+](C)(C)c2ccccc2C1(C)C. The summed E-state index contributed by atoms with van der Waals surface area (Å²) in [5.74, 6) is 0. The monoisotopic (exact) mass is 205 g/mol. The van der Waals surface area contributed by atoms with Gasteiger partial charge < -0.3 is 0 Å². The maximum absolute atomic E-state index is 2.43. The van der Waals surface area contributed by atoms with Crippen LogP contribution in [0, 0.1) is 0 Å². The van der Waals surface area contributed by atoms with E-state index < -0.39 is 0 Å². The third-order valence-corrected chi connectivity index (χ3v) is 3.74. The summed E-state index contributed by atoms with van der Waals surface area (Å²) in [4.78, 5) is 2.43. The summed E-state index contributed by atoms with van der Waals surface area (Å²) < 4.78 is 0.941. The quantitative estimate of drug-likeness (QED) is 0.588. The van der Waals surface area contributed by atoms with Gasteiger partial charge in [0, 0.05) is 5.56 Å². The first-order valence-electron chi connectivity index (χ1n) is 5.50. The van der Waals surface area contributed by atoms with E-state index in [-0.39, 0.29) is 5.54 Å². The molecular weight excluding hydrogens is 184 g/mol. The molecule has 1 aromatic rings. The van der Waals surface area contributed by atoms with Crippen molar-refractivity contribution in [1.29, 1.82) is 0 Å². The van der Waals surface area contributed by atoms with Gasteiger partial charge in [0.2, 0.25) is 0 Å². The Morgan fingerprint density at radius 3 is 2.47 bits per heavy atom. The largest absolute Gasteiger partial charge is 0.283 e. The Balaban J connectivity index is 2.64. The van der Waals surface area contributed by atoms with Crippen molar-refractivity contribution in [2.24, 2.45) is 0 Å². The summed E-state index contributed by atoms with van der Waals surface area (Å²) in [6.07, 6.45) is 0. The van der Waals surface area contributed by atoms with Crippen molar-refractivity contribution in [3.05, 3.63) is 29.8 Å². The Morgan fingerprint density at radius 1 is 1.20 bits per heavy atom. The van der Waals surface area contributed by atoms with Crippen LogP contribution in [0.1, 0.15) is 19.4 Å². The molecule has 1 heterocycles. The lowest BCUT2D eigenvalue weighted by Gasteiger charge is -2.48. The maximum Gasteiger partial charge on any atom is 0.139 e. The fourth-order valence-corrected chi connectivity index (χ4v) is 2.51. The van der Waals surface area contributed by atoms with Gasteiger partial charge >= 0.3 is 0 Å². The van der Waals surface area contributed by atoms with E-state index in [9.17, 15) is 0 Å². The minimum Gasteiger partial charge on any atom is -0.283 e. The normalized spacial score (nSPS) is 23.5. The number of hydrogen-bond acceptors (Lipinski definition) is 1. The van der Waals surface area contributed by atoms with Crippen LogP contribution in [0.15, 0.2) is 24.3 Å². The minimum atomic E-state index is 0.143. The number of quaternary nitrogens is 1. The molecular formula is C13H21N2+. The van der Waals surface area contributed by atoms with Crippen LogP contribution < -0.4 is 4.48 Å². The Hall–Kier alpha value is -0.860. The van der Waals surface area contributed by atoms with Crippen LogP contribution in [0.4, 0.5) is 5.69 Å². The van der Waals surface area contributed by atoms with Crippen LogP contribution in [0.25, 0.3) is 0 Å². The van der Waals surface area contributed by atoms with Gasteiger partial charge in [-0.15, -0.1) is 0 Å². The van der Waals surface area contributed by atoms with E-state index in [1.54, 1.807) is 0 Å². The first-order valence-corrected chi connectivity index (χ1v) is 5.50. The number of rotatable bonds is 0. The Kier molecular flexibility index (Phi) is 2.18. The van der Waals surface area contributed by atoms with Crippen molar-refractivity contribution in [2.45, 2.75) is 19.4 Å². The molecule has 0 radical (unpaired) electrons. The van der Waals surface area contributed by atoms with Gasteiger partial charge in [0.15, 0.2) is 0 Å². The first-order chi connectivity index (χ1) is 6.86. The molecule has 0 fully saturated rings. The molecule has 15 heavy (non-hydrogen) atoms. The van der Waals surface area contributed by atoms with Crippen LogP contribution in [-0.2, 0) is 5.54 Å². The van der Waals surface area contributed by atoms with Crippen LogP contribution in [-0.4, -0.2) is 32.7 Å². The third-order valence-electron chi connectivity index (χ3n) is 3.74. The van der Waals surface area contributed by atoms with Crippen LogP contribution >= 0.6 is 0 Å². The van der Waals surface area contributed by atoms with E-state index in [0.29, 0.717) is 0 Å². The van der Waals surface area contributed by atoms with E-state index in [4.69, 9.17) is 0 Å². The average Bonchev–Trinajstić information content (AvgIpc) is 2.15. The first kappa shape index (κ1) is 10.7. The molecule has 2 nitrogen and oxygen atoms in total. The highest BCUT2D eigenvalue weighted by Gasteiger charge is 2.41. The zero-order valence-electron chi connectivity index (χ0n) is 10.4. The van der Waals surface area contributed by atoms with Gasteiger partial charge in [-0.1, -0.05) is 18.2 Å². The highest BCUT2D eigenvalue weighted by Crippen LogP contribution is 2.40. The fraction of sp³-hybridized carbons (Fsp3) is 0.538. The van der Waals surface area contributed by atoms with E-state index >= 15 is 0 Å². The molecule has 1 aromatic carbocycles. The molecule has 0 amide bonds. The predicted molar refractivity (Wildman–Crippen MR) is 65.7 cm³/mol. The number of benzene rings is 1. The topological polar surface area (TPSA) is 3.24 Å². The molecule has 0 bridgehead atoms. The van der Waals surface area contributed by atoms with Crippen molar-refractivity contribution >= 4 is 5.69 Å². The van der Waals surface area contributed by atoms with Gasteiger partial charge in [0.25, 0.3) is 0 Å². The van der Waals surface area contributed by atoms with Crippen molar-refractivity contribution < 1.29 is 0 Å². The second-order valence-corrected chi connectivity index (χ2v) is 5.60. The van der Waals surface area contributed by atoms with Gasteiger partial charge in [0.05, 0.1) is 19.6 Å². The molecule has 0 N–H and O–H groups in total. The highest BCUT2D eigenvalue weighted by molar-refractivity contribution is 5.54. The van der Waals surface area contributed by atoms with Crippen LogP contribution in [0.2, 0.25) is 0 Å². The summed E-state index contributed by atoms with van der Waals surface area (Å²) >= 11 is 0. The second kappa shape index (κ2) is 3.06. The lowest BCUT2D eigenvalue weighted by atomic mass is 9.88. The Bertz CT molecular complexity index is 380. The molecule has 0 aliphatic carbocycles. The summed E-state index contributed by atoms with van der Waals surface area (Å²) in [5.41, 5.74) is 3.04. The predicted octanol–water partition coefficient (Wildman–Crippen LogP) is 2.39. The third kappa shape index (κ3) is 1.48. The van der Waals surface area contributed by atoms with Crippen LogP contribution in [0.3, 0.4) is 0 Å². The lowest BCUT2D eigenvalue weighted by molar-refractivity contribution is 0.0755. The molecule has 1 aliphatic rings. The smallest absolute Gasteiger partial charge is 0.139 e. The highest BCUT2D eigenvalue weighted by atomic mass is 15.4. The summed E-state index contributed by atoms with van der Waals surface area (Å²) in [7, 11) is 6.74. The van der Waals surface area contributed by atoms with Crippen molar-refractivity contribution in [3.8, 4) is 0 Å². The molecule has 0 aromatic heterocycles. The van der Waals surface area contributed by atoms with E-state index in [1.807, 2.05) is 0 Å². The van der Waals surface area contributed by atoms with Crippen molar-refractivity contribution in [3.63, 3.8) is 0 Å². The molecule has 2 heteroatoms. The number of hydrogen-bond donors (Lipinski definition) is 0. The van der Waals surface area contributed by atoms with Crippen LogP contribution in [0.5, 0.6) is 0 Å². The Morgan fingerprint density at radius 2 is 1.80 bits per heavy atom. The van der Waals surface area contributed by atoms with Gasteiger partial charge in [0.1, 0.15) is 12.4 Å². The van der Waals surface area contributed by atoms with Crippen molar-refractivity contribution in [2.75, 3.05) is 27.8 Å². The molecule has 0 saturated carbocycles. The van der Waals surface area contributed by atoms with E-state index in [0.717, 1.165) is 11.2 Å². The summed E-state index contributed by atoms with van der Waals surface area (Å²) in [5, 5.41) is 0. The van der Waals surface area contributed by atoms with E-state index in [1.165, 1.54) is 11.3 Å². The van der Waals surface area contributed by atoms with E-state index in [2.05, 4.69) is 64.2 Å². The number of para-hydroxylation sites is 1. The summed E-state index contributed by atoms with van der Waals surface area (Å²) in [6, 6.07) is 8.79. The number of fused-ring (bicyclic) bond motifs is 1. The molecule has 82 valence electrons. The van der Waals surface area contributed by atoms with Gasteiger partial charge in [-0.3, -0.25) is 4.48 Å². The molecule has 0 saturated heterocycles. The zero-order valence-corrected chi connectivity index (χ0v) is 10.4. The standard InChI is InChI=1S/C13H21N2/c1-13(2)11-8-6-7-9-12(11)15(4,5)10-14(13)3/h6-9H,10H2,1-5H3/q+1. The molecule has 0 atom stereocenters. The fourth-order valence-electron chi connectivity index (χ4n) is 2.51. The molecule has 0 unspecified atom stereocenters. The molecule has 0 spiro atoms. The minimum absolute atomic E-state index is 0.143. The summed E-state index contributed by atoms with van der Waals surface area (Å²) in [6.45, 7) is 5.65. The van der Waals surface area contributed by atoms with Gasteiger partial charge in [-0.2, -0.15) is 0 Å². The average molecular weight is 205 g/mol. The zero-order chi connectivity index (χ0) is 11.3. The van der Waals surface area contributed by atoms with Crippen molar-refractivity contribution in [1.82, 2.24) is 9.38 Å². The molecule has 2 rings (SSSR count). The van der Waals surface area contributed by atoms with Gasteiger partial charge in [-0.25, -0.2) is 4.90 Å². The molecule has 1 aliphatic heterocycles. The second-order valence-electron chi connectivity index (χ2n) is 5.60. The van der Waals surface area contributed by atoms with Gasteiger partial charge in [-0.05, 0) is 27.0 Å². The lowest BCUT2D eigenvalue weighted by Crippen LogP contribution is -2.58. The maximum atomic E-state index is 2.43.